The van der Waals surface area contributed by atoms with E-state index >= 15 is 0 Å². The summed E-state index contributed by atoms with van der Waals surface area (Å²) in [6, 6.07) is 11.3. The normalized spacial score (nSPS) is 17.5. The molecule has 1 aromatic heterocycles. The van der Waals surface area contributed by atoms with E-state index < -0.39 is 68.7 Å². The van der Waals surface area contributed by atoms with Gasteiger partial charge in [-0.2, -0.15) is 38.2 Å². The minimum atomic E-state index is -4.65. The predicted octanol–water partition coefficient (Wildman–Crippen LogP) is 5.59. The molecule has 0 saturated carbocycles. The molecule has 1 atom stereocenters. The molecule has 0 spiro atoms. The van der Waals surface area contributed by atoms with Gasteiger partial charge >= 0.3 is 0 Å². The molecule has 1 unspecified atom stereocenters. The minimum absolute atomic E-state index is 0.0146. The Kier molecular flexibility index (Phi) is 18.3. The quantitative estimate of drug-likeness (QED) is 0.0115. The second-order valence-corrected chi connectivity index (χ2v) is 23.6. The Morgan fingerprint density at radius 2 is 1.44 bits per heavy atom. The second-order valence-electron chi connectivity index (χ2n) is 17.6. The fourth-order valence-electron chi connectivity index (χ4n) is 8.69. The molecule has 0 bridgehead atoms. The summed E-state index contributed by atoms with van der Waals surface area (Å²) in [5.41, 5.74) is 10.9. The van der Waals surface area contributed by atoms with Gasteiger partial charge in [0.25, 0.3) is 46.4 Å². The first kappa shape index (κ1) is 56.1. The first-order valence-corrected chi connectivity index (χ1v) is 28.4. The van der Waals surface area contributed by atoms with Gasteiger partial charge in [0, 0.05) is 83.8 Å². The molecule has 26 heteroatoms. The third-order valence-corrected chi connectivity index (χ3v) is 15.5. The van der Waals surface area contributed by atoms with Gasteiger partial charge < -0.3 is 15.5 Å². The fraction of sp³-hybridized carbons (Fsp3) is 0.422. The summed E-state index contributed by atoms with van der Waals surface area (Å²) < 4.78 is 136. The minimum Gasteiger partial charge on any atom is -0.354 e. The highest BCUT2D eigenvalue weighted by atomic mass is 32.2. The summed E-state index contributed by atoms with van der Waals surface area (Å²) in [4.78, 5) is 33.1. The maximum atomic E-state index is 12.7. The number of anilines is 1. The van der Waals surface area contributed by atoms with Gasteiger partial charge in [-0.15, -0.1) is 0 Å². The predicted molar refractivity (Wildman–Crippen MR) is 264 cm³/mol. The maximum Gasteiger partial charge on any atom is 0.294 e. The number of aromatic nitrogens is 1. The van der Waals surface area contributed by atoms with Crippen molar-refractivity contribution >= 4 is 69.4 Å². The van der Waals surface area contributed by atoms with Crippen molar-refractivity contribution in [1.29, 1.82) is 0 Å². The van der Waals surface area contributed by atoms with Gasteiger partial charge in [0.2, 0.25) is 11.6 Å². The number of allylic oxidation sites excluding steroid dienone is 6. The van der Waals surface area contributed by atoms with Crippen LogP contribution in [0.15, 0.2) is 106 Å². The van der Waals surface area contributed by atoms with E-state index in [9.17, 15) is 61.5 Å². The highest BCUT2D eigenvalue weighted by molar-refractivity contribution is 7.86. The third-order valence-electron chi connectivity index (χ3n) is 12.2. The van der Waals surface area contributed by atoms with E-state index in [0.29, 0.717) is 70.9 Å². The van der Waals surface area contributed by atoms with Crippen molar-refractivity contribution in [1.82, 2.24) is 15.6 Å². The van der Waals surface area contributed by atoms with Crippen molar-refractivity contribution in [3.05, 3.63) is 124 Å². The molecule has 22 nitrogen and oxygen atoms in total. The number of fused-ring (bicyclic) bond motifs is 2. The molecule has 2 amide bonds. The zero-order valence-corrected chi connectivity index (χ0v) is 42.4. The van der Waals surface area contributed by atoms with Crippen molar-refractivity contribution < 1.29 is 66.0 Å². The Balaban J connectivity index is 1.35. The Labute approximate surface area is 413 Å². The molecule has 6 N–H and O–H groups in total. The average molecular weight is 1060 g/mol. The number of nitrogens with zero attached hydrogens (tertiary/aromatic N) is 6. The lowest BCUT2D eigenvalue weighted by Crippen LogP contribution is -2.34. The van der Waals surface area contributed by atoms with E-state index in [1.54, 1.807) is 47.4 Å². The molecular weight excluding hydrogens is 1000 g/mol. The molecule has 2 aromatic carbocycles. The topological polar surface area (TPSA) is 344 Å². The van der Waals surface area contributed by atoms with E-state index in [2.05, 4.69) is 25.6 Å². The number of pyridine rings is 1. The second kappa shape index (κ2) is 23.2. The molecule has 0 saturated heterocycles. The van der Waals surface area contributed by atoms with Crippen LogP contribution in [-0.4, -0.2) is 117 Å². The van der Waals surface area contributed by atoms with Crippen molar-refractivity contribution in [3.8, 4) is 0 Å². The van der Waals surface area contributed by atoms with Crippen molar-refractivity contribution in [2.45, 2.75) is 92.9 Å². The van der Waals surface area contributed by atoms with Gasteiger partial charge in [-0.05, 0) is 85.8 Å². The van der Waals surface area contributed by atoms with Gasteiger partial charge in [-0.3, -0.25) is 32.8 Å². The van der Waals surface area contributed by atoms with Crippen LogP contribution in [-0.2, 0) is 62.6 Å². The molecule has 384 valence electrons. The lowest BCUT2D eigenvalue weighted by molar-refractivity contribution is -0.437. The van der Waals surface area contributed by atoms with Crippen molar-refractivity contribution in [2.75, 3.05) is 42.6 Å². The molecule has 3 heterocycles. The lowest BCUT2D eigenvalue weighted by atomic mass is 9.75. The van der Waals surface area contributed by atoms with Crippen LogP contribution in [0.1, 0.15) is 92.9 Å². The number of rotatable bonds is 25. The van der Waals surface area contributed by atoms with Crippen LogP contribution in [0.5, 0.6) is 0 Å². The number of benzene rings is 2. The van der Waals surface area contributed by atoms with Gasteiger partial charge in [-0.25, -0.2) is 0 Å². The number of carbonyl (C=O) groups is 2. The Morgan fingerprint density at radius 3 is 2.07 bits per heavy atom. The highest BCUT2D eigenvalue weighted by Crippen LogP contribution is 2.49. The standard InChI is InChI=1S/C45H56N8O14S4/c1-44(2)36-28-34(70(62,63)64)17-19-38(36)52(24-10-26-68(56,57)58)40(44)12-6-4-7-13-41-45(3,37-29-35(71(65,66)67)18-20-39(37)53(41)25-11-27-69(59,60)61)21-9-5-8-14-42(54)47-22-23-48-43(55)32-15-16-33(49-30-32)31-50-51-46/h4,6-7,12-13,15-20,28-30H,5,8-11,14,21-27,31H2,1-3H3,(H5-,47,48,54,55,56,57,58,59,60,61,62,63,64,65,66,67)/p+1. The number of unbranched alkanes of at least 4 members (excludes halogenated alkanes) is 2. The number of hydrogen-bond donors (Lipinski definition) is 6. The Bertz CT molecular complexity index is 3150. The monoisotopic (exact) mass is 1060 g/mol. The van der Waals surface area contributed by atoms with Gasteiger partial charge in [0.15, 0.2) is 5.71 Å². The summed E-state index contributed by atoms with van der Waals surface area (Å²) in [6.45, 7) is 6.11. The van der Waals surface area contributed by atoms with E-state index in [0.717, 1.165) is 0 Å². The van der Waals surface area contributed by atoms with Crippen LogP contribution < -0.4 is 15.5 Å². The summed E-state index contributed by atoms with van der Waals surface area (Å²) in [7, 11) is -17.9. The van der Waals surface area contributed by atoms with Gasteiger partial charge in [0.05, 0.1) is 38.8 Å². The average Bonchev–Trinajstić information content (AvgIpc) is 3.63. The van der Waals surface area contributed by atoms with Crippen LogP contribution in [0.4, 0.5) is 11.4 Å². The SMILES string of the molecule is CC1(C)C(=CC=CC=CC2=[N+](CCCS(=O)(=O)O)c3ccc(S(=O)(=O)O)cc3C2(C)CCCCCC(=O)NCCNC(=O)c2ccc(CN=[N+]=[N-])nc2)N(CCCS(=O)(=O)O)c2ccc(S(=O)(=O)O)cc21. The molecule has 3 aromatic rings. The Morgan fingerprint density at radius 1 is 0.789 bits per heavy atom. The Hall–Kier alpha value is -5.83. The van der Waals surface area contributed by atoms with Crippen LogP contribution >= 0.6 is 0 Å². The summed E-state index contributed by atoms with van der Waals surface area (Å²) >= 11 is 0. The first-order valence-electron chi connectivity index (χ1n) is 22.3. The smallest absolute Gasteiger partial charge is 0.294 e. The van der Waals surface area contributed by atoms with E-state index in [-0.39, 0.29) is 67.7 Å². The summed E-state index contributed by atoms with van der Waals surface area (Å²) in [5.74, 6) is -1.73. The van der Waals surface area contributed by atoms with E-state index in [1.165, 1.54) is 42.6 Å². The van der Waals surface area contributed by atoms with E-state index in [1.807, 2.05) is 25.3 Å². The molecular formula is C45H57N8O14S4+. The summed E-state index contributed by atoms with van der Waals surface area (Å²) in [6.07, 6.45) is 12.1. The van der Waals surface area contributed by atoms with Crippen molar-refractivity contribution in [2.24, 2.45) is 5.11 Å². The van der Waals surface area contributed by atoms with Crippen LogP contribution in [0.25, 0.3) is 10.4 Å². The first-order chi connectivity index (χ1) is 33.2. The number of amides is 2. The zero-order valence-electron chi connectivity index (χ0n) is 39.2. The van der Waals surface area contributed by atoms with Crippen LogP contribution in [0.3, 0.4) is 0 Å². The summed E-state index contributed by atoms with van der Waals surface area (Å²) in [5, 5.41) is 8.89. The maximum absolute atomic E-state index is 12.7. The molecule has 0 radical (unpaired) electrons. The molecule has 0 fully saturated rings. The van der Waals surface area contributed by atoms with Gasteiger partial charge in [-0.1, -0.05) is 50.0 Å². The zero-order chi connectivity index (χ0) is 52.4. The largest absolute Gasteiger partial charge is 0.354 e. The van der Waals surface area contributed by atoms with Gasteiger partial charge in [0.1, 0.15) is 6.54 Å². The molecule has 5 rings (SSSR count). The number of carbonyl (C=O) groups excluding carboxylic acids is 2. The lowest BCUT2D eigenvalue weighted by Gasteiger charge is -2.27. The molecule has 2 aliphatic heterocycles. The molecule has 2 aliphatic rings. The van der Waals surface area contributed by atoms with Crippen molar-refractivity contribution in [3.63, 3.8) is 0 Å². The molecule has 71 heavy (non-hydrogen) atoms. The third kappa shape index (κ3) is 15.1. The van der Waals surface area contributed by atoms with Crippen LogP contribution in [0, 0.1) is 0 Å². The van der Waals surface area contributed by atoms with Crippen LogP contribution in [0.2, 0.25) is 0 Å². The highest BCUT2D eigenvalue weighted by Gasteiger charge is 2.48. The fourth-order valence-corrected chi connectivity index (χ4v) is 10.7. The molecule has 0 aliphatic carbocycles. The number of nitrogens with one attached hydrogen (secondary N) is 2. The number of hydrogen-bond acceptors (Lipinski definition) is 13. The van der Waals surface area contributed by atoms with E-state index in [4.69, 9.17) is 5.53 Å². The number of azide groups is 1.